The van der Waals surface area contributed by atoms with E-state index in [9.17, 15) is 0 Å². The average molecular weight is 471 g/mol. The lowest BCUT2D eigenvalue weighted by atomic mass is 9.87. The maximum atomic E-state index is 2.31. The van der Waals surface area contributed by atoms with Crippen molar-refractivity contribution in [2.75, 3.05) is 0 Å². The van der Waals surface area contributed by atoms with Crippen LogP contribution in [0.5, 0.6) is 0 Å². The van der Waals surface area contributed by atoms with E-state index in [1.165, 1.54) is 71.3 Å². The van der Waals surface area contributed by atoms with Gasteiger partial charge in [-0.25, -0.2) is 0 Å². The van der Waals surface area contributed by atoms with Crippen LogP contribution in [-0.2, 0) is 0 Å². The fourth-order valence-electron chi connectivity index (χ4n) is 5.74. The Bertz CT molecular complexity index is 1940. The van der Waals surface area contributed by atoms with Gasteiger partial charge in [-0.1, -0.05) is 127 Å². The summed E-state index contributed by atoms with van der Waals surface area (Å²) >= 11 is 0. The SMILES string of the molecule is Cc1c(-c2ccc3ccccc3c2)cccc1-c1ccc(-c2ccc3ccccc3c2)c2ccccc12. The minimum Gasteiger partial charge on any atom is -0.0616 e. The van der Waals surface area contributed by atoms with Crippen LogP contribution in [0.4, 0.5) is 0 Å². The molecule has 7 aromatic carbocycles. The topological polar surface area (TPSA) is 0 Å². The van der Waals surface area contributed by atoms with E-state index in [1.54, 1.807) is 0 Å². The van der Waals surface area contributed by atoms with Crippen molar-refractivity contribution >= 4 is 32.3 Å². The van der Waals surface area contributed by atoms with Crippen molar-refractivity contribution in [3.63, 3.8) is 0 Å². The molecule has 0 unspecified atom stereocenters. The maximum absolute atomic E-state index is 2.31. The molecular weight excluding hydrogens is 444 g/mol. The summed E-state index contributed by atoms with van der Waals surface area (Å²) in [6.07, 6.45) is 0. The minimum atomic E-state index is 1.25. The molecule has 0 saturated heterocycles. The van der Waals surface area contributed by atoms with Gasteiger partial charge in [-0.2, -0.15) is 0 Å². The van der Waals surface area contributed by atoms with Gasteiger partial charge in [0.2, 0.25) is 0 Å². The smallest absolute Gasteiger partial charge is 0.00991 e. The molecule has 0 bridgehead atoms. The van der Waals surface area contributed by atoms with Gasteiger partial charge < -0.3 is 0 Å². The van der Waals surface area contributed by atoms with Gasteiger partial charge in [0.1, 0.15) is 0 Å². The Balaban J connectivity index is 1.39. The zero-order chi connectivity index (χ0) is 24.8. The second-order valence-corrected chi connectivity index (χ2v) is 9.81. The monoisotopic (exact) mass is 470 g/mol. The molecule has 0 aromatic heterocycles. The highest BCUT2D eigenvalue weighted by Gasteiger charge is 2.14. The quantitative estimate of drug-likeness (QED) is 0.241. The zero-order valence-electron chi connectivity index (χ0n) is 20.8. The molecule has 0 N–H and O–H groups in total. The van der Waals surface area contributed by atoms with Crippen LogP contribution in [0, 0.1) is 6.92 Å². The second kappa shape index (κ2) is 8.76. The van der Waals surface area contributed by atoms with E-state index < -0.39 is 0 Å². The fourth-order valence-corrected chi connectivity index (χ4v) is 5.74. The van der Waals surface area contributed by atoms with Crippen LogP contribution >= 0.6 is 0 Å². The highest BCUT2D eigenvalue weighted by Crippen LogP contribution is 2.40. The molecule has 0 heterocycles. The van der Waals surface area contributed by atoms with E-state index in [4.69, 9.17) is 0 Å². The molecule has 0 amide bonds. The van der Waals surface area contributed by atoms with Crippen LogP contribution in [0.15, 0.2) is 140 Å². The maximum Gasteiger partial charge on any atom is -0.00991 e. The lowest BCUT2D eigenvalue weighted by Gasteiger charge is -2.16. The van der Waals surface area contributed by atoms with Gasteiger partial charge in [0, 0.05) is 0 Å². The van der Waals surface area contributed by atoms with E-state index in [1.807, 2.05) is 0 Å². The van der Waals surface area contributed by atoms with E-state index in [2.05, 4.69) is 146 Å². The molecule has 0 spiro atoms. The summed E-state index contributed by atoms with van der Waals surface area (Å²) in [4.78, 5) is 0. The van der Waals surface area contributed by atoms with Gasteiger partial charge in [-0.3, -0.25) is 0 Å². The predicted molar refractivity (Wildman–Crippen MR) is 160 cm³/mol. The lowest BCUT2D eigenvalue weighted by Crippen LogP contribution is -1.91. The van der Waals surface area contributed by atoms with Gasteiger partial charge >= 0.3 is 0 Å². The summed E-state index contributed by atoms with van der Waals surface area (Å²) in [6, 6.07) is 50.8. The van der Waals surface area contributed by atoms with Gasteiger partial charge in [-0.15, -0.1) is 0 Å². The Morgan fingerprint density at radius 1 is 0.324 bits per heavy atom. The first-order valence-electron chi connectivity index (χ1n) is 12.9. The first kappa shape index (κ1) is 21.6. The molecule has 174 valence electrons. The lowest BCUT2D eigenvalue weighted by molar-refractivity contribution is 1.46. The van der Waals surface area contributed by atoms with Crippen molar-refractivity contribution in [1.82, 2.24) is 0 Å². The van der Waals surface area contributed by atoms with E-state index in [0.29, 0.717) is 0 Å². The van der Waals surface area contributed by atoms with E-state index in [0.717, 1.165) is 0 Å². The zero-order valence-corrected chi connectivity index (χ0v) is 20.8. The summed E-state index contributed by atoms with van der Waals surface area (Å²) in [5.74, 6) is 0. The Morgan fingerprint density at radius 3 is 1.46 bits per heavy atom. The number of fused-ring (bicyclic) bond motifs is 3. The van der Waals surface area contributed by atoms with Crippen LogP contribution in [-0.4, -0.2) is 0 Å². The molecule has 0 saturated carbocycles. The average Bonchev–Trinajstić information content (AvgIpc) is 2.96. The van der Waals surface area contributed by atoms with Crippen molar-refractivity contribution in [3.05, 3.63) is 145 Å². The molecule has 0 fully saturated rings. The second-order valence-electron chi connectivity index (χ2n) is 9.81. The van der Waals surface area contributed by atoms with Crippen molar-refractivity contribution in [2.45, 2.75) is 6.92 Å². The number of hydrogen-bond donors (Lipinski definition) is 0. The van der Waals surface area contributed by atoms with Crippen LogP contribution in [0.3, 0.4) is 0 Å². The highest BCUT2D eigenvalue weighted by molar-refractivity contribution is 6.06. The molecule has 0 aliphatic carbocycles. The molecule has 0 atom stereocenters. The molecule has 0 nitrogen and oxygen atoms in total. The van der Waals surface area contributed by atoms with Gasteiger partial charge in [0.25, 0.3) is 0 Å². The molecule has 7 aromatic rings. The normalized spacial score (nSPS) is 11.4. The number of rotatable bonds is 3. The highest BCUT2D eigenvalue weighted by atomic mass is 14.2. The first-order chi connectivity index (χ1) is 18.3. The third kappa shape index (κ3) is 3.70. The van der Waals surface area contributed by atoms with Crippen LogP contribution < -0.4 is 0 Å². The van der Waals surface area contributed by atoms with Gasteiger partial charge in [0.05, 0.1) is 0 Å². The Labute approximate surface area is 217 Å². The predicted octanol–water partition coefficient (Wildman–Crippen LogP) is 10.5. The first-order valence-corrected chi connectivity index (χ1v) is 12.9. The van der Waals surface area contributed by atoms with Crippen LogP contribution in [0.2, 0.25) is 0 Å². The summed E-state index contributed by atoms with van der Waals surface area (Å²) in [5, 5.41) is 7.66. The minimum absolute atomic E-state index is 1.25. The fraction of sp³-hybridized carbons (Fsp3) is 0.0270. The van der Waals surface area contributed by atoms with Gasteiger partial charge in [0.15, 0.2) is 0 Å². The number of benzene rings is 7. The third-order valence-electron chi connectivity index (χ3n) is 7.67. The van der Waals surface area contributed by atoms with Crippen molar-refractivity contribution in [2.24, 2.45) is 0 Å². The number of hydrogen-bond acceptors (Lipinski definition) is 0. The van der Waals surface area contributed by atoms with Gasteiger partial charge in [-0.05, 0) is 90.3 Å². The molecule has 0 radical (unpaired) electrons. The molecule has 0 aliphatic rings. The Morgan fingerprint density at radius 2 is 0.811 bits per heavy atom. The summed E-state index contributed by atoms with van der Waals surface area (Å²) in [7, 11) is 0. The molecule has 37 heavy (non-hydrogen) atoms. The van der Waals surface area contributed by atoms with E-state index in [-0.39, 0.29) is 0 Å². The summed E-state index contributed by atoms with van der Waals surface area (Å²) < 4.78 is 0. The Kier molecular flexibility index (Phi) is 5.11. The Hall–Kier alpha value is -4.68. The van der Waals surface area contributed by atoms with Crippen molar-refractivity contribution in [3.8, 4) is 33.4 Å². The molecule has 7 rings (SSSR count). The van der Waals surface area contributed by atoms with Crippen molar-refractivity contribution < 1.29 is 0 Å². The molecule has 0 heteroatoms. The van der Waals surface area contributed by atoms with Crippen molar-refractivity contribution in [1.29, 1.82) is 0 Å². The molecule has 0 aliphatic heterocycles. The van der Waals surface area contributed by atoms with E-state index >= 15 is 0 Å². The summed E-state index contributed by atoms with van der Waals surface area (Å²) in [6.45, 7) is 2.26. The standard InChI is InChI=1S/C37H26/c1-25-32(30-19-17-26-9-2-4-11-28(26)23-30)15-8-16-33(25)37-22-21-34(35-13-6-7-14-36(35)37)31-20-18-27-10-3-5-12-29(27)24-31/h2-24H,1H3. The molecular formula is C37H26. The summed E-state index contributed by atoms with van der Waals surface area (Å²) in [5.41, 5.74) is 8.94. The van der Waals surface area contributed by atoms with Crippen LogP contribution in [0.25, 0.3) is 65.7 Å². The largest absolute Gasteiger partial charge is 0.0616 e. The van der Waals surface area contributed by atoms with Crippen LogP contribution in [0.1, 0.15) is 5.56 Å². The third-order valence-corrected chi connectivity index (χ3v) is 7.67.